The lowest BCUT2D eigenvalue weighted by molar-refractivity contribution is 0.0424. The van der Waals surface area contributed by atoms with Gasteiger partial charge in [0.15, 0.2) is 0 Å². The van der Waals surface area contributed by atoms with Crippen LogP contribution in [0.25, 0.3) is 0 Å². The van der Waals surface area contributed by atoms with Crippen LogP contribution >= 0.6 is 0 Å². The molecule has 2 aliphatic heterocycles. The Bertz CT molecular complexity index is 1340. The van der Waals surface area contributed by atoms with Gasteiger partial charge in [0, 0.05) is 0 Å². The predicted octanol–water partition coefficient (Wildman–Crippen LogP) is 2.75. The van der Waals surface area contributed by atoms with Crippen molar-refractivity contribution in [2.24, 2.45) is 0 Å². The van der Waals surface area contributed by atoms with Crippen LogP contribution in [0.1, 0.15) is 62.1 Å². The third kappa shape index (κ3) is 3.39. The van der Waals surface area contributed by atoms with Crippen LogP contribution in [0, 0.1) is 0 Å². The van der Waals surface area contributed by atoms with Crippen molar-refractivity contribution in [2.75, 3.05) is 0 Å². The summed E-state index contributed by atoms with van der Waals surface area (Å²) >= 11 is 0. The van der Waals surface area contributed by atoms with Gasteiger partial charge in [-0.15, -0.1) is 0 Å². The van der Waals surface area contributed by atoms with E-state index < -0.39 is 35.8 Å². The molecule has 0 spiro atoms. The first-order chi connectivity index (χ1) is 16.3. The third-order valence-electron chi connectivity index (χ3n) is 5.03. The molecular formula is C24H10O10. The molecule has 3 aromatic rings. The molecular weight excluding hydrogens is 448 g/mol. The zero-order valence-electron chi connectivity index (χ0n) is 16.9. The number of benzene rings is 3. The van der Waals surface area contributed by atoms with E-state index >= 15 is 0 Å². The Balaban J connectivity index is 1.32. The van der Waals surface area contributed by atoms with Crippen molar-refractivity contribution in [3.63, 3.8) is 0 Å². The molecule has 10 heteroatoms. The van der Waals surface area contributed by atoms with Crippen LogP contribution in [-0.4, -0.2) is 35.8 Å². The lowest BCUT2D eigenvalue weighted by atomic mass is 10.0. The van der Waals surface area contributed by atoms with E-state index in [4.69, 9.17) is 9.47 Å². The topological polar surface area (TPSA) is 139 Å². The summed E-state index contributed by atoms with van der Waals surface area (Å²) in [5.74, 6) is -5.22. The van der Waals surface area contributed by atoms with Gasteiger partial charge in [-0.25, -0.2) is 28.8 Å². The summed E-state index contributed by atoms with van der Waals surface area (Å²) in [6, 6.07) is 13.5. The van der Waals surface area contributed by atoms with Gasteiger partial charge in [0.2, 0.25) is 0 Å². The quantitative estimate of drug-likeness (QED) is 0.326. The van der Waals surface area contributed by atoms with Gasteiger partial charge >= 0.3 is 35.8 Å². The molecule has 166 valence electrons. The van der Waals surface area contributed by atoms with E-state index in [0.717, 1.165) is 0 Å². The Morgan fingerprint density at radius 1 is 0.529 bits per heavy atom. The zero-order chi connectivity index (χ0) is 24.0. The molecule has 0 atom stereocenters. The van der Waals surface area contributed by atoms with Crippen molar-refractivity contribution in [3.8, 4) is 11.5 Å². The fourth-order valence-electron chi connectivity index (χ4n) is 3.51. The predicted molar refractivity (Wildman–Crippen MR) is 109 cm³/mol. The lowest BCUT2D eigenvalue weighted by Crippen LogP contribution is -2.14. The molecule has 0 N–H and O–H groups in total. The van der Waals surface area contributed by atoms with E-state index in [0.29, 0.717) is 0 Å². The van der Waals surface area contributed by atoms with Gasteiger partial charge in [-0.1, -0.05) is 12.1 Å². The van der Waals surface area contributed by atoms with Gasteiger partial charge in [0.05, 0.1) is 33.4 Å². The minimum atomic E-state index is -0.937. The van der Waals surface area contributed by atoms with Crippen molar-refractivity contribution in [2.45, 2.75) is 0 Å². The van der Waals surface area contributed by atoms with Crippen LogP contribution in [0.2, 0.25) is 0 Å². The minimum absolute atomic E-state index is 0.0281. The van der Waals surface area contributed by atoms with E-state index in [-0.39, 0.29) is 44.9 Å². The SMILES string of the molecule is O=C1OC(=O)c2c1cccc2C(=O)Oc1ccc(OC(=O)c2cccc3c2C(=O)OC3=O)cc1. The first-order valence-corrected chi connectivity index (χ1v) is 9.67. The molecule has 0 bridgehead atoms. The number of ether oxygens (including phenoxy) is 4. The summed E-state index contributed by atoms with van der Waals surface area (Å²) in [6.07, 6.45) is 0. The monoisotopic (exact) mass is 458 g/mol. The second kappa shape index (κ2) is 7.78. The highest BCUT2D eigenvalue weighted by Crippen LogP contribution is 2.27. The average Bonchev–Trinajstić information content (AvgIpc) is 3.29. The smallest absolute Gasteiger partial charge is 0.347 e. The van der Waals surface area contributed by atoms with Crippen LogP contribution in [-0.2, 0) is 9.47 Å². The number of carbonyl (C=O) groups is 6. The molecule has 10 nitrogen and oxygen atoms in total. The maximum atomic E-state index is 12.5. The number of fused-ring (bicyclic) bond motifs is 2. The summed E-state index contributed by atoms with van der Waals surface area (Å²) in [5.41, 5.74) is -0.670. The summed E-state index contributed by atoms with van der Waals surface area (Å²) in [7, 11) is 0. The Kier molecular flexibility index (Phi) is 4.75. The van der Waals surface area contributed by atoms with Crippen LogP contribution < -0.4 is 9.47 Å². The molecule has 0 radical (unpaired) electrons. The number of esters is 6. The second-order valence-electron chi connectivity index (χ2n) is 7.06. The fourth-order valence-corrected chi connectivity index (χ4v) is 3.51. The van der Waals surface area contributed by atoms with Gasteiger partial charge in [0.1, 0.15) is 11.5 Å². The molecule has 5 rings (SSSR count). The Labute approximate surface area is 189 Å². The Morgan fingerprint density at radius 3 is 1.29 bits per heavy atom. The minimum Gasteiger partial charge on any atom is -0.423 e. The molecule has 0 saturated heterocycles. The average molecular weight is 458 g/mol. The molecule has 2 heterocycles. The third-order valence-corrected chi connectivity index (χ3v) is 5.03. The molecule has 3 aromatic carbocycles. The van der Waals surface area contributed by atoms with Crippen molar-refractivity contribution in [3.05, 3.63) is 94.0 Å². The molecule has 0 fully saturated rings. The first-order valence-electron chi connectivity index (χ1n) is 9.67. The van der Waals surface area contributed by atoms with Crippen molar-refractivity contribution in [1.82, 2.24) is 0 Å². The highest BCUT2D eigenvalue weighted by atomic mass is 16.6. The highest BCUT2D eigenvalue weighted by Gasteiger charge is 2.35. The summed E-state index contributed by atoms with van der Waals surface area (Å²) in [4.78, 5) is 72.2. The molecule has 0 aromatic heterocycles. The van der Waals surface area contributed by atoms with Crippen LogP contribution in [0.4, 0.5) is 0 Å². The molecule has 0 saturated carbocycles. The van der Waals surface area contributed by atoms with Gasteiger partial charge in [-0.3, -0.25) is 0 Å². The maximum Gasteiger partial charge on any atom is 0.347 e. The molecule has 0 amide bonds. The van der Waals surface area contributed by atoms with Crippen molar-refractivity contribution >= 4 is 35.8 Å². The largest absolute Gasteiger partial charge is 0.423 e. The number of cyclic esters (lactones) is 4. The second-order valence-corrected chi connectivity index (χ2v) is 7.06. The number of hydrogen-bond acceptors (Lipinski definition) is 10. The highest BCUT2D eigenvalue weighted by molar-refractivity contribution is 6.20. The molecule has 2 aliphatic rings. The van der Waals surface area contributed by atoms with Gasteiger partial charge in [0.25, 0.3) is 0 Å². The molecule has 34 heavy (non-hydrogen) atoms. The maximum absolute atomic E-state index is 12.5. The number of rotatable bonds is 4. The van der Waals surface area contributed by atoms with E-state index in [1.807, 2.05) is 0 Å². The van der Waals surface area contributed by atoms with Gasteiger partial charge in [-0.2, -0.15) is 0 Å². The van der Waals surface area contributed by atoms with Crippen molar-refractivity contribution in [1.29, 1.82) is 0 Å². The van der Waals surface area contributed by atoms with E-state index in [2.05, 4.69) is 9.47 Å². The van der Waals surface area contributed by atoms with Gasteiger partial charge < -0.3 is 18.9 Å². The first kappa shape index (κ1) is 20.8. The van der Waals surface area contributed by atoms with E-state index in [1.165, 1.54) is 60.7 Å². The van der Waals surface area contributed by atoms with Gasteiger partial charge in [-0.05, 0) is 48.5 Å². The van der Waals surface area contributed by atoms with E-state index in [9.17, 15) is 28.8 Å². The van der Waals surface area contributed by atoms with Crippen LogP contribution in [0.5, 0.6) is 11.5 Å². The fraction of sp³-hybridized carbons (Fsp3) is 0. The lowest BCUT2D eigenvalue weighted by Gasteiger charge is -2.08. The molecule has 0 unspecified atom stereocenters. The van der Waals surface area contributed by atoms with Crippen molar-refractivity contribution < 1.29 is 47.7 Å². The Hall–Kier alpha value is -5.12. The Morgan fingerprint density at radius 2 is 0.912 bits per heavy atom. The van der Waals surface area contributed by atoms with Crippen LogP contribution in [0.15, 0.2) is 60.7 Å². The summed E-state index contributed by atoms with van der Waals surface area (Å²) < 4.78 is 19.5. The summed E-state index contributed by atoms with van der Waals surface area (Å²) in [5, 5.41) is 0. The number of carbonyl (C=O) groups excluding carboxylic acids is 6. The normalized spacial score (nSPS) is 13.6. The van der Waals surface area contributed by atoms with E-state index in [1.54, 1.807) is 0 Å². The molecule has 0 aliphatic carbocycles. The summed E-state index contributed by atoms with van der Waals surface area (Å²) in [6.45, 7) is 0. The number of hydrogen-bond donors (Lipinski definition) is 0. The zero-order valence-corrected chi connectivity index (χ0v) is 16.9. The van der Waals surface area contributed by atoms with Crippen LogP contribution in [0.3, 0.4) is 0 Å². The standard InChI is InChI=1S/C24H10O10/c25-19(13-3-1-5-15-17(13)23(29)33-21(15)27)31-11-7-9-12(10-8-11)32-20(26)14-4-2-6-16-18(14)24(30)34-22(16)28/h1-10H.